The molecule has 2 aromatic rings. The van der Waals surface area contributed by atoms with Crippen LogP contribution in [0.2, 0.25) is 0 Å². The predicted molar refractivity (Wildman–Crippen MR) is 67.4 cm³/mol. The van der Waals surface area contributed by atoms with Crippen LogP contribution in [0.4, 0.5) is 0 Å². The highest BCUT2D eigenvalue weighted by Crippen LogP contribution is 1.95. The van der Waals surface area contributed by atoms with Crippen LogP contribution in [0, 0.1) is 0 Å². The van der Waals surface area contributed by atoms with Crippen LogP contribution in [-0.2, 0) is 0 Å². The number of hydrogen-bond donors (Lipinski definition) is 2. The van der Waals surface area contributed by atoms with Gasteiger partial charge in [0.15, 0.2) is 0 Å². The van der Waals surface area contributed by atoms with Gasteiger partial charge in [0.05, 0.1) is 37.5 Å². The lowest BCUT2D eigenvalue weighted by Gasteiger charge is -1.94. The molecule has 0 atom stereocenters. The molecule has 7 nitrogen and oxygen atoms in total. The second-order valence-electron chi connectivity index (χ2n) is 3.21. The Morgan fingerprint density at radius 1 is 1.11 bits per heavy atom. The topological polar surface area (TPSA) is 101 Å². The third-order valence-corrected chi connectivity index (χ3v) is 1.85. The molecule has 0 aliphatic rings. The first-order chi connectivity index (χ1) is 8.84. The van der Waals surface area contributed by atoms with Crippen LogP contribution in [0.15, 0.2) is 61.3 Å². The summed E-state index contributed by atoms with van der Waals surface area (Å²) in [5.74, 6) is 0.0782. The zero-order chi connectivity index (χ0) is 12.6. The normalized spacial score (nSPS) is 12.6. The Morgan fingerprint density at radius 2 is 1.78 bits per heavy atom. The Kier molecular flexibility index (Phi) is 3.91. The summed E-state index contributed by atoms with van der Waals surface area (Å²) in [4.78, 5) is 0. The van der Waals surface area contributed by atoms with Crippen molar-refractivity contribution in [2.75, 3.05) is 0 Å². The SMILES string of the molecule is N/C(=N\N=C\c1ccoc1)N/N=C/c1ccoc1. The molecule has 0 aromatic carbocycles. The molecule has 0 unspecified atom stereocenters. The van der Waals surface area contributed by atoms with Crippen molar-refractivity contribution < 1.29 is 8.83 Å². The zero-order valence-corrected chi connectivity index (χ0v) is 9.35. The Hall–Kier alpha value is -2.83. The van der Waals surface area contributed by atoms with Crippen molar-refractivity contribution >= 4 is 18.4 Å². The Balaban J connectivity index is 1.82. The molecule has 0 fully saturated rings. The van der Waals surface area contributed by atoms with Crippen LogP contribution in [0.25, 0.3) is 0 Å². The predicted octanol–water partition coefficient (Wildman–Crippen LogP) is 1.14. The molecule has 7 heteroatoms. The first kappa shape index (κ1) is 11.6. The average Bonchev–Trinajstić information content (AvgIpc) is 3.01. The fraction of sp³-hybridized carbons (Fsp3) is 0. The first-order valence-electron chi connectivity index (χ1n) is 5.04. The number of nitrogens with zero attached hydrogens (tertiary/aromatic N) is 3. The van der Waals surface area contributed by atoms with Crippen LogP contribution in [0.3, 0.4) is 0 Å². The highest BCUT2D eigenvalue weighted by molar-refractivity contribution is 5.83. The minimum Gasteiger partial charge on any atom is -0.472 e. The molecule has 92 valence electrons. The maximum atomic E-state index is 5.52. The minimum absolute atomic E-state index is 0.0782. The van der Waals surface area contributed by atoms with Gasteiger partial charge in [-0.25, -0.2) is 5.43 Å². The molecule has 0 saturated carbocycles. The molecule has 0 saturated heterocycles. The standard InChI is InChI=1S/C11H11N5O2/c12-11(15-13-5-9-1-3-17-7-9)16-14-6-10-2-4-18-8-10/h1-8H,(H3,12,15,16)/b13-5+,14-6+. The molecular weight excluding hydrogens is 234 g/mol. The first-order valence-corrected chi connectivity index (χ1v) is 5.04. The summed E-state index contributed by atoms with van der Waals surface area (Å²) >= 11 is 0. The lowest BCUT2D eigenvalue weighted by Crippen LogP contribution is -2.26. The number of nitrogens with two attached hydrogens (primary N) is 1. The molecule has 0 radical (unpaired) electrons. The molecule has 2 rings (SSSR count). The van der Waals surface area contributed by atoms with Gasteiger partial charge in [-0.2, -0.15) is 10.2 Å². The Morgan fingerprint density at radius 3 is 2.39 bits per heavy atom. The highest BCUT2D eigenvalue weighted by Gasteiger charge is 1.89. The van der Waals surface area contributed by atoms with Crippen molar-refractivity contribution in [2.24, 2.45) is 21.0 Å². The fourth-order valence-corrected chi connectivity index (χ4v) is 1.05. The van der Waals surface area contributed by atoms with E-state index in [-0.39, 0.29) is 5.96 Å². The monoisotopic (exact) mass is 245 g/mol. The number of guanidine groups is 1. The summed E-state index contributed by atoms with van der Waals surface area (Å²) in [6.07, 6.45) is 9.24. The van der Waals surface area contributed by atoms with E-state index in [0.29, 0.717) is 0 Å². The van der Waals surface area contributed by atoms with Gasteiger partial charge in [0.25, 0.3) is 0 Å². The van der Waals surface area contributed by atoms with E-state index >= 15 is 0 Å². The van der Waals surface area contributed by atoms with Crippen molar-refractivity contribution in [3.63, 3.8) is 0 Å². The number of hydrogen-bond acceptors (Lipinski definition) is 5. The highest BCUT2D eigenvalue weighted by atomic mass is 16.3. The second-order valence-corrected chi connectivity index (χ2v) is 3.21. The van der Waals surface area contributed by atoms with Crippen molar-refractivity contribution in [3.8, 4) is 0 Å². The molecule has 0 spiro atoms. The number of furan rings is 2. The van der Waals surface area contributed by atoms with Crippen molar-refractivity contribution in [2.45, 2.75) is 0 Å². The molecule has 0 aliphatic heterocycles. The van der Waals surface area contributed by atoms with Gasteiger partial charge in [-0.1, -0.05) is 0 Å². The van der Waals surface area contributed by atoms with E-state index in [1.165, 1.54) is 6.21 Å². The molecule has 0 aliphatic carbocycles. The van der Waals surface area contributed by atoms with Gasteiger partial charge >= 0.3 is 0 Å². The lowest BCUT2D eigenvalue weighted by molar-refractivity contribution is 0.567. The quantitative estimate of drug-likeness (QED) is 0.479. The van der Waals surface area contributed by atoms with Crippen LogP contribution >= 0.6 is 0 Å². The molecule has 2 aromatic heterocycles. The molecule has 2 heterocycles. The van der Waals surface area contributed by atoms with Crippen LogP contribution in [0.5, 0.6) is 0 Å². The van der Waals surface area contributed by atoms with E-state index in [1.807, 2.05) is 0 Å². The van der Waals surface area contributed by atoms with Gasteiger partial charge in [0.2, 0.25) is 5.96 Å². The summed E-state index contributed by atoms with van der Waals surface area (Å²) in [6.45, 7) is 0. The van der Waals surface area contributed by atoms with Gasteiger partial charge in [-0.3, -0.25) is 0 Å². The van der Waals surface area contributed by atoms with Gasteiger partial charge in [0, 0.05) is 11.1 Å². The third kappa shape index (κ3) is 3.63. The van der Waals surface area contributed by atoms with E-state index < -0.39 is 0 Å². The van der Waals surface area contributed by atoms with Gasteiger partial charge < -0.3 is 14.6 Å². The Labute approximate surface area is 103 Å². The van der Waals surface area contributed by atoms with Crippen LogP contribution in [0.1, 0.15) is 11.1 Å². The van der Waals surface area contributed by atoms with Crippen molar-refractivity contribution in [3.05, 3.63) is 48.3 Å². The van der Waals surface area contributed by atoms with E-state index in [1.54, 1.807) is 43.4 Å². The van der Waals surface area contributed by atoms with E-state index in [2.05, 4.69) is 20.7 Å². The molecular formula is C11H11N5O2. The van der Waals surface area contributed by atoms with Crippen LogP contribution in [-0.4, -0.2) is 18.4 Å². The van der Waals surface area contributed by atoms with E-state index in [4.69, 9.17) is 14.6 Å². The summed E-state index contributed by atoms with van der Waals surface area (Å²) in [5, 5.41) is 11.3. The third-order valence-electron chi connectivity index (χ3n) is 1.85. The summed E-state index contributed by atoms with van der Waals surface area (Å²) in [5.41, 5.74) is 9.65. The maximum Gasteiger partial charge on any atom is 0.234 e. The fourth-order valence-electron chi connectivity index (χ4n) is 1.05. The van der Waals surface area contributed by atoms with Gasteiger partial charge in [-0.05, 0) is 12.1 Å². The summed E-state index contributed by atoms with van der Waals surface area (Å²) in [7, 11) is 0. The smallest absolute Gasteiger partial charge is 0.234 e. The second kappa shape index (κ2) is 6.04. The minimum atomic E-state index is 0.0782. The Bertz CT molecular complexity index is 540. The average molecular weight is 245 g/mol. The lowest BCUT2D eigenvalue weighted by atomic mass is 10.4. The van der Waals surface area contributed by atoms with Gasteiger partial charge in [-0.15, -0.1) is 5.10 Å². The molecule has 0 amide bonds. The number of nitrogens with one attached hydrogen (secondary N) is 1. The largest absolute Gasteiger partial charge is 0.472 e. The van der Waals surface area contributed by atoms with Crippen molar-refractivity contribution in [1.29, 1.82) is 0 Å². The van der Waals surface area contributed by atoms with Crippen LogP contribution < -0.4 is 11.2 Å². The van der Waals surface area contributed by atoms with E-state index in [0.717, 1.165) is 11.1 Å². The molecule has 18 heavy (non-hydrogen) atoms. The maximum absolute atomic E-state index is 5.52. The summed E-state index contributed by atoms with van der Waals surface area (Å²) < 4.78 is 9.72. The van der Waals surface area contributed by atoms with Gasteiger partial charge in [0.1, 0.15) is 0 Å². The molecule has 0 bridgehead atoms. The number of hydrazone groups is 1. The summed E-state index contributed by atoms with van der Waals surface area (Å²) in [6, 6.07) is 3.51. The zero-order valence-electron chi connectivity index (χ0n) is 9.35. The molecule has 3 N–H and O–H groups in total. The van der Waals surface area contributed by atoms with E-state index in [9.17, 15) is 0 Å². The number of rotatable bonds is 4. The van der Waals surface area contributed by atoms with Crippen molar-refractivity contribution in [1.82, 2.24) is 5.43 Å².